The highest BCUT2D eigenvalue weighted by molar-refractivity contribution is 5.75. The normalized spacial score (nSPS) is 15.8. The summed E-state index contributed by atoms with van der Waals surface area (Å²) < 4.78 is 4.71. The van der Waals surface area contributed by atoms with Gasteiger partial charge >= 0.3 is 6.09 Å². The molecule has 1 aliphatic rings. The summed E-state index contributed by atoms with van der Waals surface area (Å²) in [5.41, 5.74) is 0. The van der Waals surface area contributed by atoms with Crippen LogP contribution in [-0.2, 0) is 9.53 Å². The van der Waals surface area contributed by atoms with Crippen molar-refractivity contribution in [2.75, 3.05) is 19.7 Å². The first-order chi connectivity index (χ1) is 9.22. The van der Waals surface area contributed by atoms with Crippen molar-refractivity contribution in [2.45, 2.75) is 51.9 Å². The van der Waals surface area contributed by atoms with E-state index in [1.165, 1.54) is 32.1 Å². The first-order valence-corrected chi connectivity index (χ1v) is 7.39. The molecule has 0 aromatic rings. The second kappa shape index (κ2) is 9.64. The number of ether oxygens (including phenoxy) is 1. The summed E-state index contributed by atoms with van der Waals surface area (Å²) in [4.78, 5) is 22.6. The minimum absolute atomic E-state index is 0.0798. The number of alkyl carbamates (subject to hydrolysis) is 1. The third kappa shape index (κ3) is 7.70. The van der Waals surface area contributed by atoms with Crippen LogP contribution in [0.3, 0.4) is 0 Å². The fraction of sp³-hybridized carbons (Fsp3) is 0.857. The summed E-state index contributed by atoms with van der Waals surface area (Å²) in [5, 5.41) is 5.38. The van der Waals surface area contributed by atoms with Crippen molar-refractivity contribution >= 4 is 12.0 Å². The number of carbonyl (C=O) groups is 2. The van der Waals surface area contributed by atoms with Gasteiger partial charge in [-0.05, 0) is 19.3 Å². The van der Waals surface area contributed by atoms with Crippen LogP contribution in [0.5, 0.6) is 0 Å². The zero-order chi connectivity index (χ0) is 13.9. The predicted molar refractivity (Wildman–Crippen MR) is 73.8 cm³/mol. The van der Waals surface area contributed by atoms with Crippen molar-refractivity contribution in [3.63, 3.8) is 0 Å². The predicted octanol–water partition coefficient (Wildman–Crippen LogP) is 2.21. The second-order valence-corrected chi connectivity index (χ2v) is 5.04. The van der Waals surface area contributed by atoms with E-state index in [9.17, 15) is 9.59 Å². The molecule has 1 rings (SSSR count). The van der Waals surface area contributed by atoms with Crippen LogP contribution in [0.1, 0.15) is 51.9 Å². The Morgan fingerprint density at radius 3 is 2.47 bits per heavy atom. The monoisotopic (exact) mass is 270 g/mol. The van der Waals surface area contributed by atoms with E-state index in [1.54, 1.807) is 6.92 Å². The third-order valence-corrected chi connectivity index (χ3v) is 3.50. The molecule has 19 heavy (non-hydrogen) atoms. The SMILES string of the molecule is CCOC(=O)NCCNC(=O)CCC1CCCCC1. The molecule has 0 unspecified atom stereocenters. The van der Waals surface area contributed by atoms with E-state index < -0.39 is 6.09 Å². The van der Waals surface area contributed by atoms with Crippen molar-refractivity contribution in [3.05, 3.63) is 0 Å². The fourth-order valence-corrected chi connectivity index (χ4v) is 2.45. The quantitative estimate of drug-likeness (QED) is 0.697. The van der Waals surface area contributed by atoms with E-state index in [0.717, 1.165) is 12.3 Å². The van der Waals surface area contributed by atoms with Crippen molar-refractivity contribution < 1.29 is 14.3 Å². The third-order valence-electron chi connectivity index (χ3n) is 3.50. The van der Waals surface area contributed by atoms with Gasteiger partial charge < -0.3 is 15.4 Å². The highest BCUT2D eigenvalue weighted by Gasteiger charge is 2.14. The van der Waals surface area contributed by atoms with E-state index in [0.29, 0.717) is 26.1 Å². The molecule has 0 aromatic heterocycles. The molecule has 0 aromatic carbocycles. The first-order valence-electron chi connectivity index (χ1n) is 7.39. The van der Waals surface area contributed by atoms with E-state index in [-0.39, 0.29) is 5.91 Å². The van der Waals surface area contributed by atoms with Crippen LogP contribution in [0, 0.1) is 5.92 Å². The molecule has 1 aliphatic carbocycles. The summed E-state index contributed by atoms with van der Waals surface area (Å²) in [6, 6.07) is 0. The van der Waals surface area contributed by atoms with E-state index in [4.69, 9.17) is 4.74 Å². The average Bonchev–Trinajstić information content (AvgIpc) is 2.43. The van der Waals surface area contributed by atoms with Gasteiger partial charge in [0.2, 0.25) is 5.91 Å². The second-order valence-electron chi connectivity index (χ2n) is 5.04. The highest BCUT2D eigenvalue weighted by atomic mass is 16.5. The number of hydrogen-bond acceptors (Lipinski definition) is 3. The zero-order valence-electron chi connectivity index (χ0n) is 11.9. The highest BCUT2D eigenvalue weighted by Crippen LogP contribution is 2.26. The Bertz CT molecular complexity index is 276. The lowest BCUT2D eigenvalue weighted by Gasteiger charge is -2.20. The summed E-state index contributed by atoms with van der Waals surface area (Å²) in [5.74, 6) is 0.813. The minimum Gasteiger partial charge on any atom is -0.450 e. The maximum absolute atomic E-state index is 11.6. The summed E-state index contributed by atoms with van der Waals surface area (Å²) in [6.45, 7) is 2.99. The van der Waals surface area contributed by atoms with Crippen LogP contribution in [0.25, 0.3) is 0 Å². The maximum Gasteiger partial charge on any atom is 0.407 e. The van der Waals surface area contributed by atoms with Crippen LogP contribution < -0.4 is 10.6 Å². The smallest absolute Gasteiger partial charge is 0.407 e. The van der Waals surface area contributed by atoms with Gasteiger partial charge in [-0.25, -0.2) is 4.79 Å². The zero-order valence-corrected chi connectivity index (χ0v) is 11.9. The van der Waals surface area contributed by atoms with E-state index >= 15 is 0 Å². The van der Waals surface area contributed by atoms with Gasteiger partial charge in [-0.1, -0.05) is 32.1 Å². The van der Waals surface area contributed by atoms with Crippen molar-refractivity contribution in [1.29, 1.82) is 0 Å². The number of carbonyl (C=O) groups excluding carboxylic acids is 2. The molecular formula is C14H26N2O3. The minimum atomic E-state index is -0.432. The van der Waals surface area contributed by atoms with Gasteiger partial charge in [0.05, 0.1) is 6.61 Å². The molecule has 0 radical (unpaired) electrons. The average molecular weight is 270 g/mol. The standard InChI is InChI=1S/C14H26N2O3/c1-2-19-14(18)16-11-10-15-13(17)9-8-12-6-4-3-5-7-12/h12H,2-11H2,1H3,(H,15,17)(H,16,18). The van der Waals surface area contributed by atoms with Crippen molar-refractivity contribution in [3.8, 4) is 0 Å². The molecule has 2 N–H and O–H groups in total. The molecule has 1 saturated carbocycles. The molecule has 0 spiro atoms. The van der Waals surface area contributed by atoms with Crippen LogP contribution in [0.4, 0.5) is 4.79 Å². The molecule has 2 amide bonds. The van der Waals surface area contributed by atoms with Gasteiger partial charge in [-0.15, -0.1) is 0 Å². The first kappa shape index (κ1) is 15.8. The molecule has 0 heterocycles. The molecule has 0 saturated heterocycles. The van der Waals surface area contributed by atoms with Gasteiger partial charge in [0.15, 0.2) is 0 Å². The Morgan fingerprint density at radius 2 is 1.79 bits per heavy atom. The van der Waals surface area contributed by atoms with E-state index in [2.05, 4.69) is 10.6 Å². The Balaban J connectivity index is 1.97. The fourth-order valence-electron chi connectivity index (χ4n) is 2.45. The summed E-state index contributed by atoms with van der Waals surface area (Å²) in [7, 11) is 0. The Labute approximate surface area is 115 Å². The van der Waals surface area contributed by atoms with Crippen LogP contribution >= 0.6 is 0 Å². The van der Waals surface area contributed by atoms with Crippen molar-refractivity contribution in [1.82, 2.24) is 10.6 Å². The molecule has 0 atom stereocenters. The summed E-state index contributed by atoms with van der Waals surface area (Å²) in [6.07, 6.45) is 7.70. The number of rotatable bonds is 7. The number of hydrogen-bond donors (Lipinski definition) is 2. The molecule has 0 aliphatic heterocycles. The number of nitrogens with one attached hydrogen (secondary N) is 2. The lowest BCUT2D eigenvalue weighted by atomic mass is 9.86. The number of amides is 2. The topological polar surface area (TPSA) is 67.4 Å². The van der Waals surface area contributed by atoms with Crippen LogP contribution in [0.15, 0.2) is 0 Å². The molecule has 110 valence electrons. The lowest BCUT2D eigenvalue weighted by molar-refractivity contribution is -0.121. The maximum atomic E-state index is 11.6. The molecule has 5 nitrogen and oxygen atoms in total. The molecule has 1 fully saturated rings. The van der Waals surface area contributed by atoms with Gasteiger partial charge in [-0.2, -0.15) is 0 Å². The van der Waals surface area contributed by atoms with Gasteiger partial charge in [0.1, 0.15) is 0 Å². The van der Waals surface area contributed by atoms with Crippen LogP contribution in [-0.4, -0.2) is 31.7 Å². The lowest BCUT2D eigenvalue weighted by Crippen LogP contribution is -2.35. The Hall–Kier alpha value is -1.26. The van der Waals surface area contributed by atoms with Crippen LogP contribution in [0.2, 0.25) is 0 Å². The van der Waals surface area contributed by atoms with Gasteiger partial charge in [0, 0.05) is 19.5 Å². The molecule has 5 heteroatoms. The summed E-state index contributed by atoms with van der Waals surface area (Å²) >= 11 is 0. The molecular weight excluding hydrogens is 244 g/mol. The Kier molecular flexibility index (Phi) is 8.02. The molecule has 0 bridgehead atoms. The van der Waals surface area contributed by atoms with Gasteiger partial charge in [-0.3, -0.25) is 4.79 Å². The van der Waals surface area contributed by atoms with E-state index in [1.807, 2.05) is 0 Å². The Morgan fingerprint density at radius 1 is 1.11 bits per heavy atom. The largest absolute Gasteiger partial charge is 0.450 e. The van der Waals surface area contributed by atoms with Gasteiger partial charge in [0.25, 0.3) is 0 Å². The van der Waals surface area contributed by atoms with Crippen molar-refractivity contribution in [2.24, 2.45) is 5.92 Å².